The first kappa shape index (κ1) is 15.8. The van der Waals surface area contributed by atoms with Crippen molar-refractivity contribution in [3.8, 4) is 5.75 Å². The lowest BCUT2D eigenvalue weighted by Crippen LogP contribution is -2.19. The number of amidine groups is 1. The molecule has 6 heteroatoms. The Kier molecular flexibility index (Phi) is 4.83. The summed E-state index contributed by atoms with van der Waals surface area (Å²) in [5.74, 6) is 0.709. The molecule has 0 radical (unpaired) electrons. The van der Waals surface area contributed by atoms with Gasteiger partial charge in [0.05, 0.1) is 17.2 Å². The first-order chi connectivity index (χ1) is 11.2. The largest absolute Gasteiger partial charge is 0.494 e. The molecule has 0 aliphatic carbocycles. The number of nitrogens with one attached hydrogen (secondary N) is 1. The summed E-state index contributed by atoms with van der Waals surface area (Å²) in [6.07, 6.45) is 1.92. The van der Waals surface area contributed by atoms with Crippen molar-refractivity contribution in [3.05, 3.63) is 51.1 Å². The van der Waals surface area contributed by atoms with Crippen LogP contribution in [0.1, 0.15) is 17.4 Å². The normalized spacial score (nSPS) is 17.7. The highest BCUT2D eigenvalue weighted by Crippen LogP contribution is 2.30. The summed E-state index contributed by atoms with van der Waals surface area (Å²) in [5.41, 5.74) is 1.96. The summed E-state index contributed by atoms with van der Waals surface area (Å²) in [7, 11) is 0. The first-order valence-corrected chi connectivity index (χ1v) is 8.92. The van der Waals surface area contributed by atoms with Crippen LogP contribution in [0.5, 0.6) is 5.75 Å². The van der Waals surface area contributed by atoms with Crippen molar-refractivity contribution in [1.29, 1.82) is 0 Å². The number of ether oxygens (including phenoxy) is 1. The minimum absolute atomic E-state index is 0.104. The van der Waals surface area contributed by atoms with E-state index >= 15 is 0 Å². The van der Waals surface area contributed by atoms with Crippen LogP contribution in [0.3, 0.4) is 0 Å². The molecular weight excluding hydrogens is 328 g/mol. The molecule has 4 nitrogen and oxygen atoms in total. The van der Waals surface area contributed by atoms with Crippen LogP contribution in [0.15, 0.2) is 45.6 Å². The van der Waals surface area contributed by atoms with E-state index in [1.165, 1.54) is 17.3 Å². The number of aliphatic imine (C=N–C) groups is 1. The van der Waals surface area contributed by atoms with E-state index in [1.54, 1.807) is 11.3 Å². The van der Waals surface area contributed by atoms with Gasteiger partial charge in [0.25, 0.3) is 5.91 Å². The SMILES string of the molecule is CCOc1ccc(N=C2NC(=O)C(=Cc3sccc3C)S2)cc1. The molecule has 118 valence electrons. The maximum Gasteiger partial charge on any atom is 0.264 e. The molecule has 1 aliphatic rings. The number of thiophene rings is 1. The Morgan fingerprint density at radius 1 is 1.26 bits per heavy atom. The fraction of sp³-hybridized carbons (Fsp3) is 0.176. The first-order valence-electron chi connectivity index (χ1n) is 7.22. The molecule has 1 fully saturated rings. The minimum Gasteiger partial charge on any atom is -0.494 e. The Morgan fingerprint density at radius 3 is 2.70 bits per heavy atom. The molecule has 3 rings (SSSR count). The highest BCUT2D eigenvalue weighted by atomic mass is 32.2. The fourth-order valence-electron chi connectivity index (χ4n) is 2.03. The van der Waals surface area contributed by atoms with Crippen molar-refractivity contribution in [2.75, 3.05) is 6.61 Å². The van der Waals surface area contributed by atoms with Crippen LogP contribution in [-0.2, 0) is 4.79 Å². The van der Waals surface area contributed by atoms with E-state index in [0.717, 1.165) is 16.3 Å². The predicted molar refractivity (Wildman–Crippen MR) is 97.5 cm³/mol. The maximum absolute atomic E-state index is 12.1. The van der Waals surface area contributed by atoms with E-state index in [4.69, 9.17) is 4.74 Å². The van der Waals surface area contributed by atoms with E-state index in [1.807, 2.05) is 55.6 Å². The van der Waals surface area contributed by atoms with E-state index in [0.29, 0.717) is 16.7 Å². The van der Waals surface area contributed by atoms with Gasteiger partial charge in [0, 0.05) is 4.88 Å². The Balaban J connectivity index is 1.76. The lowest BCUT2D eigenvalue weighted by atomic mass is 10.3. The number of nitrogens with zero attached hydrogens (tertiary/aromatic N) is 1. The van der Waals surface area contributed by atoms with Crippen LogP contribution in [-0.4, -0.2) is 17.7 Å². The summed E-state index contributed by atoms with van der Waals surface area (Å²) in [4.78, 5) is 18.3. The highest BCUT2D eigenvalue weighted by molar-refractivity contribution is 8.18. The van der Waals surface area contributed by atoms with Crippen LogP contribution in [0.25, 0.3) is 6.08 Å². The predicted octanol–water partition coefficient (Wildman–Crippen LogP) is 4.35. The third-order valence-corrected chi connectivity index (χ3v) is 5.07. The zero-order chi connectivity index (χ0) is 16.2. The van der Waals surface area contributed by atoms with Crippen molar-refractivity contribution in [2.24, 2.45) is 4.99 Å². The smallest absolute Gasteiger partial charge is 0.264 e. The molecule has 0 bridgehead atoms. The second-order valence-electron chi connectivity index (χ2n) is 4.88. The van der Waals surface area contributed by atoms with Gasteiger partial charge in [0.15, 0.2) is 5.17 Å². The zero-order valence-electron chi connectivity index (χ0n) is 12.8. The van der Waals surface area contributed by atoms with Crippen LogP contribution in [0.2, 0.25) is 0 Å². The molecule has 0 atom stereocenters. The molecule has 1 aromatic carbocycles. The second kappa shape index (κ2) is 7.02. The molecule has 1 N–H and O–H groups in total. The number of hydrogen-bond donors (Lipinski definition) is 1. The number of carbonyl (C=O) groups excluding carboxylic acids is 1. The van der Waals surface area contributed by atoms with Crippen LogP contribution < -0.4 is 10.1 Å². The molecule has 0 unspecified atom stereocenters. The lowest BCUT2D eigenvalue weighted by molar-refractivity contribution is -0.115. The van der Waals surface area contributed by atoms with Crippen LogP contribution in [0, 0.1) is 6.92 Å². The number of amides is 1. The molecule has 2 aromatic rings. The summed E-state index contributed by atoms with van der Waals surface area (Å²) >= 11 is 2.99. The number of carbonyl (C=O) groups is 1. The van der Waals surface area contributed by atoms with Gasteiger partial charge in [-0.05, 0) is 73.0 Å². The number of thioether (sulfide) groups is 1. The summed E-state index contributed by atoms with van der Waals surface area (Å²) < 4.78 is 5.40. The molecule has 0 saturated carbocycles. The van der Waals surface area contributed by atoms with Crippen LogP contribution >= 0.6 is 23.1 Å². The monoisotopic (exact) mass is 344 g/mol. The molecule has 2 heterocycles. The van der Waals surface area contributed by atoms with Gasteiger partial charge in [-0.2, -0.15) is 0 Å². The molecule has 1 amide bonds. The van der Waals surface area contributed by atoms with Gasteiger partial charge in [-0.25, -0.2) is 4.99 Å². The molecule has 23 heavy (non-hydrogen) atoms. The summed E-state index contributed by atoms with van der Waals surface area (Å²) in [6.45, 7) is 4.62. The third-order valence-electron chi connectivity index (χ3n) is 3.19. The lowest BCUT2D eigenvalue weighted by Gasteiger charge is -2.02. The minimum atomic E-state index is -0.104. The van der Waals surface area contributed by atoms with Gasteiger partial charge < -0.3 is 10.1 Å². The highest BCUT2D eigenvalue weighted by Gasteiger charge is 2.24. The fourth-order valence-corrected chi connectivity index (χ4v) is 3.79. The number of rotatable bonds is 4. The van der Waals surface area contributed by atoms with Gasteiger partial charge in [-0.1, -0.05) is 0 Å². The summed E-state index contributed by atoms with van der Waals surface area (Å²) in [5, 5.41) is 5.42. The Morgan fingerprint density at radius 2 is 2.04 bits per heavy atom. The molecule has 0 spiro atoms. The van der Waals surface area contributed by atoms with E-state index in [2.05, 4.69) is 10.3 Å². The number of hydrogen-bond acceptors (Lipinski definition) is 5. The van der Waals surface area contributed by atoms with Gasteiger partial charge in [0.1, 0.15) is 5.75 Å². The van der Waals surface area contributed by atoms with Crippen molar-refractivity contribution in [2.45, 2.75) is 13.8 Å². The zero-order valence-corrected chi connectivity index (χ0v) is 14.5. The number of benzene rings is 1. The van der Waals surface area contributed by atoms with Crippen molar-refractivity contribution in [3.63, 3.8) is 0 Å². The van der Waals surface area contributed by atoms with E-state index < -0.39 is 0 Å². The van der Waals surface area contributed by atoms with Crippen molar-refractivity contribution < 1.29 is 9.53 Å². The average molecular weight is 344 g/mol. The van der Waals surface area contributed by atoms with Gasteiger partial charge in [-0.15, -0.1) is 11.3 Å². The topological polar surface area (TPSA) is 50.7 Å². The van der Waals surface area contributed by atoms with Gasteiger partial charge in [-0.3, -0.25) is 4.79 Å². The van der Waals surface area contributed by atoms with E-state index in [9.17, 15) is 4.79 Å². The van der Waals surface area contributed by atoms with Crippen molar-refractivity contribution >= 4 is 45.9 Å². The summed E-state index contributed by atoms with van der Waals surface area (Å²) in [6, 6.07) is 9.53. The average Bonchev–Trinajstić information content (AvgIpc) is 3.08. The van der Waals surface area contributed by atoms with Gasteiger partial charge >= 0.3 is 0 Å². The quantitative estimate of drug-likeness (QED) is 0.839. The van der Waals surface area contributed by atoms with Gasteiger partial charge in [0.2, 0.25) is 0 Å². The van der Waals surface area contributed by atoms with E-state index in [-0.39, 0.29) is 5.91 Å². The third kappa shape index (κ3) is 3.83. The van der Waals surface area contributed by atoms with Crippen LogP contribution in [0.4, 0.5) is 5.69 Å². The number of aryl methyl sites for hydroxylation is 1. The molecular formula is C17H16N2O2S2. The molecule has 1 aromatic heterocycles. The molecule has 1 saturated heterocycles. The Bertz CT molecular complexity index is 776. The Labute approximate surface area is 143 Å². The standard InChI is InChI=1S/C17H16N2O2S2/c1-3-21-13-6-4-12(5-7-13)18-17-19-16(20)15(23-17)10-14-11(2)8-9-22-14/h4-10H,3H2,1-2H3,(H,18,19,20). The maximum atomic E-state index is 12.1. The second-order valence-corrected chi connectivity index (χ2v) is 6.85. The van der Waals surface area contributed by atoms with Crippen molar-refractivity contribution in [1.82, 2.24) is 5.32 Å². The Hall–Kier alpha value is -2.05. The molecule has 1 aliphatic heterocycles.